The second kappa shape index (κ2) is 6.74. The molecule has 1 atom stereocenters. The Morgan fingerprint density at radius 1 is 1.35 bits per heavy atom. The van der Waals surface area contributed by atoms with E-state index in [-0.39, 0.29) is 11.8 Å². The maximum Gasteiger partial charge on any atom is 0.232 e. The summed E-state index contributed by atoms with van der Waals surface area (Å²) in [5, 5.41) is 3.97. The van der Waals surface area contributed by atoms with Gasteiger partial charge in [0.2, 0.25) is 11.8 Å². The van der Waals surface area contributed by atoms with E-state index in [4.69, 9.17) is 4.52 Å². The lowest BCUT2D eigenvalue weighted by molar-refractivity contribution is -0.117. The minimum Gasteiger partial charge on any atom is -0.339 e. The zero-order chi connectivity index (χ0) is 16.4. The number of aromatic nitrogens is 2. The first-order valence-corrected chi connectivity index (χ1v) is 9.19. The molecule has 1 aliphatic heterocycles. The van der Waals surface area contributed by atoms with Crippen LogP contribution in [0.2, 0.25) is 0 Å². The van der Waals surface area contributed by atoms with Crippen LogP contribution in [0.5, 0.6) is 0 Å². The molecule has 1 fully saturated rings. The lowest BCUT2D eigenvalue weighted by Crippen LogP contribution is -2.24. The SMILES string of the molecule is CSCc1noc(C2CC(=O)N(c3ccc(C(C)C)cc3)C2)n1. The predicted molar refractivity (Wildman–Crippen MR) is 91.8 cm³/mol. The Hall–Kier alpha value is -1.82. The summed E-state index contributed by atoms with van der Waals surface area (Å²) in [6, 6.07) is 8.21. The van der Waals surface area contributed by atoms with Gasteiger partial charge in [0, 0.05) is 18.7 Å². The van der Waals surface area contributed by atoms with Gasteiger partial charge in [0.25, 0.3) is 0 Å². The van der Waals surface area contributed by atoms with Crippen LogP contribution in [0.3, 0.4) is 0 Å². The Bertz CT molecular complexity index is 681. The second-order valence-electron chi connectivity index (χ2n) is 6.13. The predicted octanol–water partition coefficient (Wildman–Crippen LogP) is 3.58. The Labute approximate surface area is 140 Å². The number of rotatable bonds is 5. The topological polar surface area (TPSA) is 59.2 Å². The van der Waals surface area contributed by atoms with Crippen molar-refractivity contribution in [3.05, 3.63) is 41.5 Å². The van der Waals surface area contributed by atoms with E-state index >= 15 is 0 Å². The molecule has 2 heterocycles. The molecule has 1 aromatic heterocycles. The Morgan fingerprint density at radius 2 is 2.09 bits per heavy atom. The fraction of sp³-hybridized carbons (Fsp3) is 0.471. The summed E-state index contributed by atoms with van der Waals surface area (Å²) >= 11 is 1.65. The third kappa shape index (κ3) is 3.42. The molecule has 2 aromatic rings. The van der Waals surface area contributed by atoms with Gasteiger partial charge in [-0.05, 0) is 29.9 Å². The molecule has 0 radical (unpaired) electrons. The molecule has 0 aliphatic carbocycles. The van der Waals surface area contributed by atoms with Crippen LogP contribution < -0.4 is 4.90 Å². The van der Waals surface area contributed by atoms with Gasteiger partial charge in [-0.15, -0.1) is 0 Å². The van der Waals surface area contributed by atoms with Crippen LogP contribution >= 0.6 is 11.8 Å². The van der Waals surface area contributed by atoms with Crippen molar-refractivity contribution in [2.75, 3.05) is 17.7 Å². The summed E-state index contributed by atoms with van der Waals surface area (Å²) in [4.78, 5) is 18.6. The lowest BCUT2D eigenvalue weighted by Gasteiger charge is -2.17. The average Bonchev–Trinajstić information content (AvgIpc) is 3.14. The number of anilines is 1. The summed E-state index contributed by atoms with van der Waals surface area (Å²) in [6.45, 7) is 4.92. The smallest absolute Gasteiger partial charge is 0.232 e. The highest BCUT2D eigenvalue weighted by molar-refractivity contribution is 7.97. The fourth-order valence-corrected chi connectivity index (χ4v) is 3.16. The van der Waals surface area contributed by atoms with E-state index in [1.165, 1.54) is 5.56 Å². The van der Waals surface area contributed by atoms with Crippen molar-refractivity contribution < 1.29 is 9.32 Å². The summed E-state index contributed by atoms with van der Waals surface area (Å²) in [6.07, 6.45) is 2.42. The van der Waals surface area contributed by atoms with Crippen molar-refractivity contribution in [1.29, 1.82) is 0 Å². The van der Waals surface area contributed by atoms with Gasteiger partial charge in [-0.1, -0.05) is 31.1 Å². The molecule has 1 saturated heterocycles. The first-order valence-electron chi connectivity index (χ1n) is 7.80. The number of thioether (sulfide) groups is 1. The fourth-order valence-electron chi connectivity index (χ4n) is 2.78. The third-order valence-electron chi connectivity index (χ3n) is 4.10. The first kappa shape index (κ1) is 16.1. The molecule has 3 rings (SSSR count). The zero-order valence-electron chi connectivity index (χ0n) is 13.7. The quantitative estimate of drug-likeness (QED) is 0.838. The van der Waals surface area contributed by atoms with Crippen LogP contribution in [0, 0.1) is 0 Å². The Balaban J connectivity index is 1.73. The molecule has 6 heteroatoms. The number of amides is 1. The minimum atomic E-state index is -0.0182. The second-order valence-corrected chi connectivity index (χ2v) is 7.00. The monoisotopic (exact) mass is 331 g/mol. The Morgan fingerprint density at radius 3 is 2.74 bits per heavy atom. The van der Waals surface area contributed by atoms with Gasteiger partial charge < -0.3 is 9.42 Å². The molecule has 1 amide bonds. The standard InChI is InChI=1S/C17H21N3O2S/c1-11(2)12-4-6-14(7-5-12)20-9-13(8-16(20)21)17-18-15(10-23-3)19-22-17/h4-7,11,13H,8-10H2,1-3H3. The molecule has 0 N–H and O–H groups in total. The number of nitrogens with zero attached hydrogens (tertiary/aromatic N) is 3. The van der Waals surface area contributed by atoms with Gasteiger partial charge in [-0.2, -0.15) is 16.7 Å². The van der Waals surface area contributed by atoms with Crippen LogP contribution in [0.15, 0.2) is 28.8 Å². The highest BCUT2D eigenvalue weighted by Gasteiger charge is 2.35. The van der Waals surface area contributed by atoms with Gasteiger partial charge in [0.05, 0.1) is 11.7 Å². The maximum atomic E-state index is 12.3. The molecule has 0 bridgehead atoms. The molecule has 122 valence electrons. The van der Waals surface area contributed by atoms with Gasteiger partial charge >= 0.3 is 0 Å². The van der Waals surface area contributed by atoms with Gasteiger partial charge in [-0.25, -0.2) is 0 Å². The lowest BCUT2D eigenvalue weighted by atomic mass is 10.0. The van der Waals surface area contributed by atoms with Crippen LogP contribution in [0.1, 0.15) is 49.4 Å². The maximum absolute atomic E-state index is 12.3. The van der Waals surface area contributed by atoms with Gasteiger partial charge in [-0.3, -0.25) is 4.79 Å². The summed E-state index contributed by atoms with van der Waals surface area (Å²) in [5.41, 5.74) is 2.21. The molecule has 23 heavy (non-hydrogen) atoms. The molecule has 5 nitrogen and oxygen atoms in total. The van der Waals surface area contributed by atoms with Crippen molar-refractivity contribution in [3.63, 3.8) is 0 Å². The van der Waals surface area contributed by atoms with E-state index < -0.39 is 0 Å². The molecule has 0 spiro atoms. The highest BCUT2D eigenvalue weighted by Crippen LogP contribution is 2.31. The van der Waals surface area contributed by atoms with Crippen molar-refractivity contribution in [2.45, 2.75) is 37.9 Å². The van der Waals surface area contributed by atoms with Crippen molar-refractivity contribution in [3.8, 4) is 0 Å². The van der Waals surface area contributed by atoms with Crippen LogP contribution in [0.4, 0.5) is 5.69 Å². The van der Waals surface area contributed by atoms with E-state index in [1.54, 1.807) is 11.8 Å². The first-order chi connectivity index (χ1) is 11.1. The molecule has 1 unspecified atom stereocenters. The van der Waals surface area contributed by atoms with Crippen LogP contribution in [-0.4, -0.2) is 28.8 Å². The Kier molecular flexibility index (Phi) is 4.71. The van der Waals surface area contributed by atoms with Crippen molar-refractivity contribution in [2.24, 2.45) is 0 Å². The van der Waals surface area contributed by atoms with E-state index in [0.717, 1.165) is 11.4 Å². The average molecular weight is 331 g/mol. The molecule has 1 aromatic carbocycles. The summed E-state index contributed by atoms with van der Waals surface area (Å²) < 4.78 is 5.33. The summed E-state index contributed by atoms with van der Waals surface area (Å²) in [7, 11) is 0. The molecular formula is C17H21N3O2S. The van der Waals surface area contributed by atoms with Crippen LogP contribution in [0.25, 0.3) is 0 Å². The zero-order valence-corrected chi connectivity index (χ0v) is 14.5. The number of carbonyl (C=O) groups excluding carboxylic acids is 1. The minimum absolute atomic E-state index is 0.0182. The highest BCUT2D eigenvalue weighted by atomic mass is 32.2. The largest absolute Gasteiger partial charge is 0.339 e. The van der Waals surface area contributed by atoms with E-state index in [9.17, 15) is 4.79 Å². The van der Waals surface area contributed by atoms with Crippen molar-refractivity contribution >= 4 is 23.4 Å². The number of benzene rings is 1. The summed E-state index contributed by atoms with van der Waals surface area (Å²) in [5.74, 6) is 2.57. The normalized spacial score (nSPS) is 18.2. The van der Waals surface area contributed by atoms with E-state index in [0.29, 0.717) is 30.6 Å². The number of hydrogen-bond donors (Lipinski definition) is 0. The van der Waals surface area contributed by atoms with Gasteiger partial charge in [0.1, 0.15) is 0 Å². The number of hydrogen-bond acceptors (Lipinski definition) is 5. The van der Waals surface area contributed by atoms with Gasteiger partial charge in [0.15, 0.2) is 5.82 Å². The van der Waals surface area contributed by atoms with E-state index in [1.807, 2.05) is 23.3 Å². The van der Waals surface area contributed by atoms with E-state index in [2.05, 4.69) is 36.1 Å². The molecule has 1 aliphatic rings. The van der Waals surface area contributed by atoms with Crippen LogP contribution in [-0.2, 0) is 10.5 Å². The number of carbonyl (C=O) groups is 1. The third-order valence-corrected chi connectivity index (χ3v) is 4.65. The molecular weight excluding hydrogens is 310 g/mol. The molecule has 0 saturated carbocycles. The van der Waals surface area contributed by atoms with Crippen molar-refractivity contribution in [1.82, 2.24) is 10.1 Å².